The molecule has 0 saturated heterocycles. The smallest absolute Gasteiger partial charge is 0.141 e. The first kappa shape index (κ1) is 11.8. The van der Waals surface area contributed by atoms with E-state index in [9.17, 15) is 4.39 Å². The number of hydrogen-bond acceptors (Lipinski definition) is 3. The largest absolute Gasteiger partial charge is 0.377 e. The lowest BCUT2D eigenvalue weighted by atomic mass is 10.2. The van der Waals surface area contributed by atoms with Crippen LogP contribution in [0.5, 0.6) is 0 Å². The summed E-state index contributed by atoms with van der Waals surface area (Å²) in [6, 6.07) is 6.54. The lowest BCUT2D eigenvalue weighted by Crippen LogP contribution is -2.08. The fraction of sp³-hybridized carbons (Fsp3) is 0.167. The van der Waals surface area contributed by atoms with Gasteiger partial charge in [0, 0.05) is 11.9 Å². The molecule has 1 N–H and O–H groups in total. The molecule has 0 radical (unpaired) electrons. The Morgan fingerprint density at radius 2 is 2.12 bits per heavy atom. The van der Waals surface area contributed by atoms with Crippen molar-refractivity contribution < 1.29 is 4.39 Å². The fourth-order valence-corrected chi connectivity index (χ4v) is 1.63. The van der Waals surface area contributed by atoms with Crippen molar-refractivity contribution in [2.24, 2.45) is 0 Å². The second-order valence-electron chi connectivity index (χ2n) is 3.63. The van der Waals surface area contributed by atoms with Gasteiger partial charge in [-0.1, -0.05) is 11.6 Å². The maximum absolute atomic E-state index is 12.7. The first-order valence-corrected chi connectivity index (χ1v) is 5.52. The number of pyridine rings is 2. The summed E-state index contributed by atoms with van der Waals surface area (Å²) in [5.74, 6) is -0.340. The lowest BCUT2D eigenvalue weighted by Gasteiger charge is -2.14. The highest BCUT2D eigenvalue weighted by Gasteiger charge is 2.07. The molecule has 5 heteroatoms. The molecule has 2 aromatic rings. The Morgan fingerprint density at radius 1 is 1.29 bits per heavy atom. The summed E-state index contributed by atoms with van der Waals surface area (Å²) in [5, 5.41) is 3.63. The van der Waals surface area contributed by atoms with Gasteiger partial charge in [-0.25, -0.2) is 9.37 Å². The van der Waals surface area contributed by atoms with Crippen molar-refractivity contribution in [2.45, 2.75) is 13.0 Å². The topological polar surface area (TPSA) is 37.8 Å². The second-order valence-corrected chi connectivity index (χ2v) is 4.02. The highest BCUT2D eigenvalue weighted by molar-refractivity contribution is 6.29. The molecule has 2 aromatic heterocycles. The minimum Gasteiger partial charge on any atom is -0.377 e. The van der Waals surface area contributed by atoms with E-state index in [1.54, 1.807) is 18.3 Å². The Bertz CT molecular complexity index is 501. The van der Waals surface area contributed by atoms with Crippen LogP contribution in [0.1, 0.15) is 18.7 Å². The standard InChI is InChI=1S/C12H11ClFN3/c1-8(11-3-2-9(14)7-16-11)17-10-4-5-15-12(13)6-10/h2-8H,1H3,(H,15,17). The van der Waals surface area contributed by atoms with Crippen molar-refractivity contribution in [3.05, 3.63) is 53.3 Å². The van der Waals surface area contributed by atoms with Gasteiger partial charge in [0.15, 0.2) is 0 Å². The number of anilines is 1. The molecule has 3 nitrogen and oxygen atoms in total. The van der Waals surface area contributed by atoms with Crippen molar-refractivity contribution in [3.8, 4) is 0 Å². The highest BCUT2D eigenvalue weighted by Crippen LogP contribution is 2.19. The highest BCUT2D eigenvalue weighted by atomic mass is 35.5. The molecule has 2 rings (SSSR count). The molecule has 0 fully saturated rings. The molecule has 0 aliphatic carbocycles. The fourth-order valence-electron chi connectivity index (χ4n) is 1.46. The average Bonchev–Trinajstić information content (AvgIpc) is 2.29. The number of nitrogens with one attached hydrogen (secondary N) is 1. The molecule has 0 saturated carbocycles. The van der Waals surface area contributed by atoms with Crippen LogP contribution < -0.4 is 5.32 Å². The molecule has 1 atom stereocenters. The molecular formula is C12H11ClFN3. The molecular weight excluding hydrogens is 241 g/mol. The summed E-state index contributed by atoms with van der Waals surface area (Å²) in [7, 11) is 0. The molecule has 2 heterocycles. The Labute approximate surface area is 104 Å². The maximum atomic E-state index is 12.7. The minimum absolute atomic E-state index is 0.0333. The van der Waals surface area contributed by atoms with E-state index in [2.05, 4.69) is 15.3 Å². The van der Waals surface area contributed by atoms with Gasteiger partial charge in [-0.15, -0.1) is 0 Å². The van der Waals surface area contributed by atoms with E-state index in [1.165, 1.54) is 12.3 Å². The third-order valence-electron chi connectivity index (χ3n) is 2.30. The van der Waals surface area contributed by atoms with Crippen molar-refractivity contribution in [1.29, 1.82) is 0 Å². The van der Waals surface area contributed by atoms with Gasteiger partial charge in [0.05, 0.1) is 17.9 Å². The van der Waals surface area contributed by atoms with Crippen molar-refractivity contribution in [1.82, 2.24) is 9.97 Å². The molecule has 1 unspecified atom stereocenters. The van der Waals surface area contributed by atoms with Crippen LogP contribution in [0.15, 0.2) is 36.7 Å². The molecule has 0 aromatic carbocycles. The maximum Gasteiger partial charge on any atom is 0.141 e. The van der Waals surface area contributed by atoms with Crippen LogP contribution in [0.3, 0.4) is 0 Å². The molecule has 0 amide bonds. The summed E-state index contributed by atoms with van der Waals surface area (Å²) in [6.45, 7) is 1.94. The second kappa shape index (κ2) is 5.10. The van der Waals surface area contributed by atoms with Gasteiger partial charge in [0.2, 0.25) is 0 Å². The van der Waals surface area contributed by atoms with E-state index in [1.807, 2.05) is 13.0 Å². The Balaban J connectivity index is 2.11. The van der Waals surface area contributed by atoms with Gasteiger partial charge in [-0.3, -0.25) is 4.98 Å². The molecule has 0 aliphatic heterocycles. The van der Waals surface area contributed by atoms with Crippen molar-refractivity contribution in [3.63, 3.8) is 0 Å². The first-order chi connectivity index (χ1) is 8.15. The predicted molar refractivity (Wildman–Crippen MR) is 65.5 cm³/mol. The Kier molecular flexibility index (Phi) is 3.54. The van der Waals surface area contributed by atoms with Gasteiger partial charge >= 0.3 is 0 Å². The summed E-state index contributed by atoms with van der Waals surface area (Å²) in [6.07, 6.45) is 2.82. The average molecular weight is 252 g/mol. The van der Waals surface area contributed by atoms with E-state index in [0.717, 1.165) is 11.4 Å². The third-order valence-corrected chi connectivity index (χ3v) is 2.51. The van der Waals surface area contributed by atoms with Crippen molar-refractivity contribution in [2.75, 3.05) is 5.32 Å². The summed E-state index contributed by atoms with van der Waals surface area (Å²) < 4.78 is 12.7. The van der Waals surface area contributed by atoms with Gasteiger partial charge in [0.1, 0.15) is 11.0 Å². The van der Waals surface area contributed by atoms with E-state index in [4.69, 9.17) is 11.6 Å². The number of hydrogen-bond donors (Lipinski definition) is 1. The van der Waals surface area contributed by atoms with Crippen LogP contribution in [0.4, 0.5) is 10.1 Å². The van der Waals surface area contributed by atoms with Gasteiger partial charge in [0.25, 0.3) is 0 Å². The zero-order valence-corrected chi connectivity index (χ0v) is 9.95. The number of rotatable bonds is 3. The van der Waals surface area contributed by atoms with Gasteiger partial charge in [-0.05, 0) is 31.2 Å². The summed E-state index contributed by atoms with van der Waals surface area (Å²) in [5.41, 5.74) is 1.61. The molecule has 17 heavy (non-hydrogen) atoms. The van der Waals surface area contributed by atoms with E-state index in [0.29, 0.717) is 5.15 Å². The van der Waals surface area contributed by atoms with Crippen LogP contribution in [-0.2, 0) is 0 Å². The van der Waals surface area contributed by atoms with E-state index < -0.39 is 0 Å². The van der Waals surface area contributed by atoms with Crippen LogP contribution >= 0.6 is 11.6 Å². The lowest BCUT2D eigenvalue weighted by molar-refractivity contribution is 0.617. The first-order valence-electron chi connectivity index (χ1n) is 5.14. The third kappa shape index (κ3) is 3.14. The summed E-state index contributed by atoms with van der Waals surface area (Å²) >= 11 is 5.78. The van der Waals surface area contributed by atoms with E-state index in [-0.39, 0.29) is 11.9 Å². The SMILES string of the molecule is CC(Nc1ccnc(Cl)c1)c1ccc(F)cn1. The monoisotopic (exact) mass is 251 g/mol. The van der Waals surface area contributed by atoms with Crippen LogP contribution in [-0.4, -0.2) is 9.97 Å². The molecule has 0 aliphatic rings. The van der Waals surface area contributed by atoms with Gasteiger partial charge < -0.3 is 5.32 Å². The van der Waals surface area contributed by atoms with Crippen LogP contribution in [0.2, 0.25) is 5.15 Å². The number of halogens is 2. The van der Waals surface area contributed by atoms with Crippen LogP contribution in [0.25, 0.3) is 0 Å². The van der Waals surface area contributed by atoms with E-state index >= 15 is 0 Å². The Hall–Kier alpha value is -1.68. The minimum atomic E-state index is -0.340. The zero-order valence-electron chi connectivity index (χ0n) is 9.19. The van der Waals surface area contributed by atoms with Crippen LogP contribution in [0, 0.1) is 5.82 Å². The normalized spacial score (nSPS) is 12.2. The number of aromatic nitrogens is 2. The molecule has 0 bridgehead atoms. The number of nitrogens with zero attached hydrogens (tertiary/aromatic N) is 2. The molecule has 88 valence electrons. The van der Waals surface area contributed by atoms with Gasteiger partial charge in [-0.2, -0.15) is 0 Å². The zero-order chi connectivity index (χ0) is 12.3. The van der Waals surface area contributed by atoms with Crippen molar-refractivity contribution >= 4 is 17.3 Å². The Morgan fingerprint density at radius 3 is 2.76 bits per heavy atom. The predicted octanol–water partition coefficient (Wildman–Crippen LogP) is 3.44. The quantitative estimate of drug-likeness (QED) is 0.849. The summed E-state index contributed by atoms with van der Waals surface area (Å²) in [4.78, 5) is 7.90. The molecule has 0 spiro atoms.